The van der Waals surface area contributed by atoms with E-state index in [2.05, 4.69) is 62.7 Å². The predicted octanol–water partition coefficient (Wildman–Crippen LogP) is 16.4. The molecule has 0 bridgehead atoms. The van der Waals surface area contributed by atoms with Crippen molar-refractivity contribution in [2.45, 2.75) is 297 Å². The molecule has 1 atom stereocenters. The highest BCUT2D eigenvalue weighted by molar-refractivity contribution is 6.76. The van der Waals surface area contributed by atoms with E-state index in [1.165, 1.54) is 102 Å². The van der Waals surface area contributed by atoms with Crippen LogP contribution in [0, 0.1) is 10.1 Å². The number of nitrogens with one attached hydrogen (secondary N) is 1. The number of ether oxygens (including phenoxy) is 3. The Bertz CT molecular complexity index is 1360. The first-order valence-corrected chi connectivity index (χ1v) is 32.8. The lowest BCUT2D eigenvalue weighted by Gasteiger charge is -2.22. The summed E-state index contributed by atoms with van der Waals surface area (Å²) >= 11 is 0. The third kappa shape index (κ3) is 38.8. The van der Waals surface area contributed by atoms with E-state index < -0.39 is 13.0 Å². The summed E-state index contributed by atoms with van der Waals surface area (Å²) in [5, 5.41) is 19.2. The average molecular weight is 993 g/mol. The summed E-state index contributed by atoms with van der Waals surface area (Å²) in [5.41, 5.74) is 0. The molecular formula is C56H109N5O7Si. The Labute approximate surface area is 424 Å². The summed E-state index contributed by atoms with van der Waals surface area (Å²) < 4.78 is 19.4. The van der Waals surface area contributed by atoms with Crippen molar-refractivity contribution in [3.05, 3.63) is 16.2 Å². The van der Waals surface area contributed by atoms with Crippen molar-refractivity contribution in [3.8, 4) is 0 Å². The Morgan fingerprint density at radius 3 is 1.51 bits per heavy atom. The number of esters is 2. The van der Waals surface area contributed by atoms with Crippen molar-refractivity contribution in [1.82, 2.24) is 14.7 Å². The molecule has 0 fully saturated rings. The lowest BCUT2D eigenvalue weighted by molar-refractivity contribution is -0.389. The van der Waals surface area contributed by atoms with Gasteiger partial charge in [-0.3, -0.25) is 9.59 Å². The van der Waals surface area contributed by atoms with Crippen LogP contribution in [0.1, 0.15) is 252 Å². The fourth-order valence-corrected chi connectivity index (χ4v) is 9.70. The SMILES string of the molecule is CCCCCCCCC(CC)OC(=O)CCCCCCCN(CCCCCCCC(=O)OC(CCCCCCCC)CCCCCCCC)CCCNc1cc([N+](=O)[O-])nn1COCC[Si](C)(C)C. The first kappa shape index (κ1) is 64.5. The van der Waals surface area contributed by atoms with E-state index in [0.29, 0.717) is 31.8 Å². The summed E-state index contributed by atoms with van der Waals surface area (Å²) in [7, 11) is -1.25. The van der Waals surface area contributed by atoms with E-state index in [-0.39, 0.29) is 36.7 Å². The smallest absolute Gasteiger partial charge is 0.392 e. The molecular weight excluding hydrogens is 883 g/mol. The van der Waals surface area contributed by atoms with Gasteiger partial charge in [0.15, 0.2) is 12.5 Å². The van der Waals surface area contributed by atoms with Crippen molar-refractivity contribution < 1.29 is 28.7 Å². The van der Waals surface area contributed by atoms with Gasteiger partial charge in [0, 0.05) is 34.1 Å². The number of rotatable bonds is 51. The van der Waals surface area contributed by atoms with Crippen LogP contribution < -0.4 is 5.32 Å². The van der Waals surface area contributed by atoms with Crippen LogP contribution in [0.25, 0.3) is 0 Å². The molecule has 1 aromatic rings. The maximum Gasteiger partial charge on any atom is 0.392 e. The average Bonchev–Trinajstić information content (AvgIpc) is 3.73. The Morgan fingerprint density at radius 2 is 1.04 bits per heavy atom. The molecule has 0 amide bonds. The fourth-order valence-electron chi connectivity index (χ4n) is 8.94. The van der Waals surface area contributed by atoms with Crippen molar-refractivity contribution >= 4 is 31.6 Å². The monoisotopic (exact) mass is 992 g/mol. The van der Waals surface area contributed by atoms with Crippen molar-refractivity contribution in [2.24, 2.45) is 0 Å². The number of anilines is 1. The fraction of sp³-hybridized carbons (Fsp3) is 0.911. The molecule has 0 aromatic carbocycles. The molecule has 0 spiro atoms. The predicted molar refractivity (Wildman–Crippen MR) is 292 cm³/mol. The first-order chi connectivity index (χ1) is 33.4. The number of nitro groups is 1. The van der Waals surface area contributed by atoms with Crippen LogP contribution in [0.5, 0.6) is 0 Å². The quantitative estimate of drug-likeness (QED) is 0.0221. The second-order valence-electron chi connectivity index (χ2n) is 21.5. The second kappa shape index (κ2) is 44.2. The van der Waals surface area contributed by atoms with Gasteiger partial charge in [-0.25, -0.2) is 0 Å². The summed E-state index contributed by atoms with van der Waals surface area (Å²) in [4.78, 5) is 39.3. The molecule has 1 rings (SSSR count). The zero-order chi connectivity index (χ0) is 50.6. The highest BCUT2D eigenvalue weighted by atomic mass is 28.3. The zero-order valence-corrected chi connectivity index (χ0v) is 47.1. The van der Waals surface area contributed by atoms with Gasteiger partial charge in [0.2, 0.25) is 0 Å². The van der Waals surface area contributed by atoms with Crippen LogP contribution in [0.2, 0.25) is 25.7 Å². The van der Waals surface area contributed by atoms with Crippen LogP contribution in [-0.4, -0.2) is 84.6 Å². The van der Waals surface area contributed by atoms with E-state index in [4.69, 9.17) is 14.2 Å². The van der Waals surface area contributed by atoms with Gasteiger partial charge in [0.05, 0.1) is 11.2 Å². The largest absolute Gasteiger partial charge is 0.462 e. The number of aromatic nitrogens is 2. The number of carbonyl (C=O) groups is 2. The summed E-state index contributed by atoms with van der Waals surface area (Å²) in [6.07, 6.45) is 39.3. The molecule has 13 heteroatoms. The highest BCUT2D eigenvalue weighted by Gasteiger charge is 2.20. The molecule has 0 saturated carbocycles. The Balaban J connectivity index is 2.60. The van der Waals surface area contributed by atoms with Crippen LogP contribution >= 0.6 is 0 Å². The summed E-state index contributed by atoms with van der Waals surface area (Å²) in [6.45, 7) is 20.3. The minimum atomic E-state index is -1.25. The molecule has 0 saturated heterocycles. The number of hydrogen-bond acceptors (Lipinski definition) is 10. The molecule has 12 nitrogen and oxygen atoms in total. The van der Waals surface area contributed by atoms with Crippen molar-refractivity contribution in [3.63, 3.8) is 0 Å². The normalized spacial score (nSPS) is 12.3. The van der Waals surface area contributed by atoms with Gasteiger partial charge in [-0.2, -0.15) is 0 Å². The standard InChI is InChI=1S/C56H109N5O7Si/c1-8-12-15-18-23-30-38-51(11-4)67-55(62)41-33-26-21-28-35-44-59(46-37-43-57-53-49-54(61(64)65)58-60(53)50-66-47-48-69(5,6)7)45-36-29-22-27-34-42-56(63)68-52(39-31-24-19-16-13-9-2)40-32-25-20-17-14-10-3/h49,51-52,57H,8-48,50H2,1-7H3. The van der Waals surface area contributed by atoms with Gasteiger partial charge in [-0.1, -0.05) is 182 Å². The van der Waals surface area contributed by atoms with Gasteiger partial charge < -0.3 is 34.5 Å². The molecule has 1 N–H and O–H groups in total. The van der Waals surface area contributed by atoms with Crippen LogP contribution in [0.3, 0.4) is 0 Å². The lowest BCUT2D eigenvalue weighted by Crippen LogP contribution is -2.28. The minimum Gasteiger partial charge on any atom is -0.462 e. The number of hydrogen-bond donors (Lipinski definition) is 1. The molecule has 1 aromatic heterocycles. The van der Waals surface area contributed by atoms with Crippen LogP contribution in [0.15, 0.2) is 6.07 Å². The molecule has 404 valence electrons. The zero-order valence-electron chi connectivity index (χ0n) is 46.1. The van der Waals surface area contributed by atoms with E-state index in [0.717, 1.165) is 141 Å². The molecule has 0 aliphatic heterocycles. The number of unbranched alkanes of at least 4 members (excludes halogenated alkanes) is 23. The molecule has 0 radical (unpaired) electrons. The first-order valence-electron chi connectivity index (χ1n) is 29.1. The number of nitrogens with zero attached hydrogens (tertiary/aromatic N) is 4. The van der Waals surface area contributed by atoms with Crippen molar-refractivity contribution in [2.75, 3.05) is 38.1 Å². The topological polar surface area (TPSA) is 138 Å². The van der Waals surface area contributed by atoms with E-state index in [1.54, 1.807) is 4.68 Å². The van der Waals surface area contributed by atoms with Gasteiger partial charge in [-0.05, 0) is 108 Å². The minimum absolute atomic E-state index is 0.00663. The summed E-state index contributed by atoms with van der Waals surface area (Å²) in [6, 6.07) is 2.53. The van der Waals surface area contributed by atoms with Crippen molar-refractivity contribution in [1.29, 1.82) is 0 Å². The third-order valence-electron chi connectivity index (χ3n) is 13.5. The van der Waals surface area contributed by atoms with Gasteiger partial charge in [0.1, 0.15) is 12.2 Å². The molecule has 0 aliphatic carbocycles. The molecule has 1 unspecified atom stereocenters. The molecule has 0 aliphatic rings. The van der Waals surface area contributed by atoms with Gasteiger partial charge >= 0.3 is 17.8 Å². The Hall–Kier alpha value is -2.51. The second-order valence-corrected chi connectivity index (χ2v) is 27.1. The van der Waals surface area contributed by atoms with E-state index in [1.807, 2.05) is 0 Å². The Morgan fingerprint density at radius 1 is 0.623 bits per heavy atom. The van der Waals surface area contributed by atoms with E-state index in [9.17, 15) is 19.7 Å². The molecule has 69 heavy (non-hydrogen) atoms. The number of carbonyl (C=O) groups excluding carboxylic acids is 2. The van der Waals surface area contributed by atoms with Crippen LogP contribution in [0.4, 0.5) is 11.6 Å². The van der Waals surface area contributed by atoms with E-state index >= 15 is 0 Å². The molecule has 1 heterocycles. The van der Waals surface area contributed by atoms with Crippen LogP contribution in [-0.2, 0) is 30.5 Å². The van der Waals surface area contributed by atoms with Gasteiger partial charge in [-0.15, -0.1) is 4.68 Å². The lowest BCUT2D eigenvalue weighted by atomic mass is 10.0. The summed E-state index contributed by atoms with van der Waals surface area (Å²) in [5.74, 6) is 0.397. The third-order valence-corrected chi connectivity index (χ3v) is 15.2. The highest BCUT2D eigenvalue weighted by Crippen LogP contribution is 2.21. The maximum atomic E-state index is 13.0. The van der Waals surface area contributed by atoms with Gasteiger partial charge in [0.25, 0.3) is 0 Å². The Kier molecular flexibility index (Phi) is 41.3. The maximum absolute atomic E-state index is 13.0.